The first-order valence-corrected chi connectivity index (χ1v) is 7.54. The Morgan fingerprint density at radius 1 is 1.40 bits per heavy atom. The number of nitrogens with one attached hydrogen (secondary N) is 1. The van der Waals surface area contributed by atoms with Crippen molar-refractivity contribution in [2.75, 3.05) is 12.9 Å². The summed E-state index contributed by atoms with van der Waals surface area (Å²) in [6, 6.07) is 5.03. The van der Waals surface area contributed by atoms with Gasteiger partial charge >= 0.3 is 5.97 Å². The molecule has 1 rings (SSSR count). The predicted molar refractivity (Wildman–Crippen MR) is 80.3 cm³/mol. The molecule has 0 radical (unpaired) electrons. The largest absolute Gasteiger partial charge is 0.469 e. The Hall–Kier alpha value is -1.07. The van der Waals surface area contributed by atoms with Crippen molar-refractivity contribution in [1.82, 2.24) is 5.32 Å². The fourth-order valence-corrected chi connectivity index (χ4v) is 2.55. The van der Waals surface area contributed by atoms with E-state index in [9.17, 15) is 9.18 Å². The molecule has 0 saturated carbocycles. The van der Waals surface area contributed by atoms with Gasteiger partial charge in [0.25, 0.3) is 0 Å². The fourth-order valence-electron chi connectivity index (χ4n) is 1.55. The highest BCUT2D eigenvalue weighted by Crippen LogP contribution is 2.26. The summed E-state index contributed by atoms with van der Waals surface area (Å²) in [4.78, 5) is 12.0. The number of carbonyl (C=O) groups excluding carboxylic acids is 1. The number of hydrogen-bond acceptors (Lipinski definition) is 4. The van der Waals surface area contributed by atoms with Gasteiger partial charge in [-0.15, -0.1) is 11.8 Å². The summed E-state index contributed by atoms with van der Waals surface area (Å²) in [7, 11) is 1.37. The Labute approximate surface area is 124 Å². The highest BCUT2D eigenvalue weighted by Gasteiger charge is 2.14. The van der Waals surface area contributed by atoms with Crippen LogP contribution in [0.1, 0.15) is 32.8 Å². The van der Waals surface area contributed by atoms with Gasteiger partial charge in [0, 0.05) is 28.3 Å². The summed E-state index contributed by atoms with van der Waals surface area (Å²) in [5.41, 5.74) is 0.577. The molecule has 0 aliphatic rings. The lowest BCUT2D eigenvalue weighted by Gasteiger charge is -2.21. The van der Waals surface area contributed by atoms with Gasteiger partial charge in [-0.2, -0.15) is 0 Å². The Morgan fingerprint density at radius 3 is 2.70 bits per heavy atom. The molecule has 0 bridgehead atoms. The van der Waals surface area contributed by atoms with Gasteiger partial charge in [0.1, 0.15) is 5.82 Å². The first-order valence-electron chi connectivity index (χ1n) is 6.55. The molecule has 0 heterocycles. The average Bonchev–Trinajstić information content (AvgIpc) is 2.36. The molecule has 112 valence electrons. The average molecular weight is 299 g/mol. The molecule has 3 nitrogen and oxygen atoms in total. The van der Waals surface area contributed by atoms with E-state index in [1.165, 1.54) is 24.9 Å². The molecule has 5 heteroatoms. The van der Waals surface area contributed by atoms with E-state index in [4.69, 9.17) is 0 Å². The minimum atomic E-state index is -0.247. The molecule has 20 heavy (non-hydrogen) atoms. The van der Waals surface area contributed by atoms with Crippen molar-refractivity contribution in [3.05, 3.63) is 29.6 Å². The van der Waals surface area contributed by atoms with E-state index >= 15 is 0 Å². The minimum Gasteiger partial charge on any atom is -0.469 e. The van der Waals surface area contributed by atoms with E-state index in [2.05, 4.69) is 10.1 Å². The zero-order valence-corrected chi connectivity index (χ0v) is 13.3. The molecule has 0 unspecified atom stereocenters. The smallest absolute Gasteiger partial charge is 0.306 e. The van der Waals surface area contributed by atoms with Crippen LogP contribution in [0, 0.1) is 5.82 Å². The fraction of sp³-hybridized carbons (Fsp3) is 0.533. The van der Waals surface area contributed by atoms with E-state index in [1.807, 2.05) is 26.8 Å². The summed E-state index contributed by atoms with van der Waals surface area (Å²) >= 11 is 1.47. The van der Waals surface area contributed by atoms with Gasteiger partial charge in [0.2, 0.25) is 0 Å². The summed E-state index contributed by atoms with van der Waals surface area (Å²) < 4.78 is 18.5. The van der Waals surface area contributed by atoms with Crippen molar-refractivity contribution in [3.8, 4) is 0 Å². The molecular formula is C15H22FNO2S. The van der Waals surface area contributed by atoms with Crippen molar-refractivity contribution >= 4 is 17.7 Å². The number of carbonyl (C=O) groups is 1. The van der Waals surface area contributed by atoms with E-state index in [-0.39, 0.29) is 17.3 Å². The van der Waals surface area contributed by atoms with Gasteiger partial charge < -0.3 is 10.1 Å². The maximum Gasteiger partial charge on any atom is 0.306 e. The molecule has 0 aliphatic heterocycles. The van der Waals surface area contributed by atoms with Crippen molar-refractivity contribution in [3.63, 3.8) is 0 Å². The Balaban J connectivity index is 2.70. The summed E-state index contributed by atoms with van der Waals surface area (Å²) in [5, 5.41) is 3.28. The molecule has 0 aliphatic carbocycles. The molecule has 0 atom stereocenters. The van der Waals surface area contributed by atoms with Crippen molar-refractivity contribution < 1.29 is 13.9 Å². The summed E-state index contributed by atoms with van der Waals surface area (Å²) in [6.07, 6.45) is 0.323. The molecule has 1 N–H and O–H groups in total. The predicted octanol–water partition coefficient (Wildman–Crippen LogP) is 3.37. The third-order valence-electron chi connectivity index (χ3n) is 2.66. The van der Waals surface area contributed by atoms with Crippen LogP contribution in [0.2, 0.25) is 0 Å². The Morgan fingerprint density at radius 2 is 2.10 bits per heavy atom. The number of halogens is 1. The van der Waals surface area contributed by atoms with Gasteiger partial charge in [-0.25, -0.2) is 4.39 Å². The first kappa shape index (κ1) is 17.0. The number of benzene rings is 1. The second-order valence-electron chi connectivity index (χ2n) is 5.49. The second-order valence-corrected chi connectivity index (χ2v) is 6.63. The van der Waals surface area contributed by atoms with Gasteiger partial charge in [-0.05, 0) is 32.9 Å². The lowest BCUT2D eigenvalue weighted by atomic mass is 10.1. The molecule has 0 fully saturated rings. The van der Waals surface area contributed by atoms with Crippen LogP contribution in [0.15, 0.2) is 23.1 Å². The van der Waals surface area contributed by atoms with Crippen LogP contribution in [-0.4, -0.2) is 24.4 Å². The number of hydrogen-bond donors (Lipinski definition) is 1. The highest BCUT2D eigenvalue weighted by molar-refractivity contribution is 7.99. The normalized spacial score (nSPS) is 11.4. The standard InChI is InChI=1S/C15H22FNO2S/c1-15(2,3)17-10-11-12(16)6-5-7-13(11)20-9-8-14(18)19-4/h5-7,17H,8-10H2,1-4H3. The molecule has 0 aromatic heterocycles. The van der Waals surface area contributed by atoms with Crippen molar-refractivity contribution in [2.24, 2.45) is 0 Å². The van der Waals surface area contributed by atoms with Crippen LogP contribution in [0.3, 0.4) is 0 Å². The van der Waals surface area contributed by atoms with Crippen LogP contribution in [0.4, 0.5) is 4.39 Å². The maximum atomic E-state index is 13.9. The molecule has 0 saturated heterocycles. The van der Waals surface area contributed by atoms with Crippen LogP contribution in [-0.2, 0) is 16.1 Å². The number of esters is 1. The summed E-state index contributed by atoms with van der Waals surface area (Å²) in [6.45, 7) is 6.59. The van der Waals surface area contributed by atoms with Crippen LogP contribution in [0.25, 0.3) is 0 Å². The lowest BCUT2D eigenvalue weighted by molar-refractivity contribution is -0.140. The number of thioether (sulfide) groups is 1. The topological polar surface area (TPSA) is 38.3 Å². The monoisotopic (exact) mass is 299 g/mol. The maximum absolute atomic E-state index is 13.9. The molecule has 0 amide bonds. The van der Waals surface area contributed by atoms with Gasteiger partial charge in [0.05, 0.1) is 13.5 Å². The zero-order valence-electron chi connectivity index (χ0n) is 12.5. The van der Waals surface area contributed by atoms with E-state index in [0.29, 0.717) is 24.3 Å². The van der Waals surface area contributed by atoms with Gasteiger partial charge in [-0.1, -0.05) is 6.07 Å². The molecule has 1 aromatic rings. The minimum absolute atomic E-state index is 0.0732. The zero-order chi connectivity index (χ0) is 15.2. The molecule has 0 spiro atoms. The number of ether oxygens (including phenoxy) is 1. The third kappa shape index (κ3) is 5.92. The second kappa shape index (κ2) is 7.64. The van der Waals surface area contributed by atoms with E-state index < -0.39 is 0 Å². The van der Waals surface area contributed by atoms with Crippen molar-refractivity contribution in [1.29, 1.82) is 0 Å². The first-order chi connectivity index (χ1) is 9.33. The number of methoxy groups -OCH3 is 1. The lowest BCUT2D eigenvalue weighted by Crippen LogP contribution is -2.35. The van der Waals surface area contributed by atoms with Crippen LogP contribution >= 0.6 is 11.8 Å². The molecule has 1 aromatic carbocycles. The van der Waals surface area contributed by atoms with Gasteiger partial charge in [-0.3, -0.25) is 4.79 Å². The summed E-state index contributed by atoms with van der Waals surface area (Å²) in [5.74, 6) is 0.117. The third-order valence-corrected chi connectivity index (χ3v) is 3.76. The number of rotatable bonds is 6. The van der Waals surface area contributed by atoms with Crippen LogP contribution < -0.4 is 5.32 Å². The van der Waals surface area contributed by atoms with Crippen LogP contribution in [0.5, 0.6) is 0 Å². The van der Waals surface area contributed by atoms with Gasteiger partial charge in [0.15, 0.2) is 0 Å². The van der Waals surface area contributed by atoms with Crippen molar-refractivity contribution in [2.45, 2.75) is 44.2 Å². The van der Waals surface area contributed by atoms with E-state index in [0.717, 1.165) is 4.90 Å². The molecular weight excluding hydrogens is 277 g/mol. The SMILES string of the molecule is COC(=O)CCSc1cccc(F)c1CNC(C)(C)C. The Bertz CT molecular complexity index is 458. The highest BCUT2D eigenvalue weighted by atomic mass is 32.2. The van der Waals surface area contributed by atoms with E-state index in [1.54, 1.807) is 6.07 Å². The Kier molecular flexibility index (Phi) is 6.49. The quantitative estimate of drug-likeness (QED) is 0.645.